The largest absolute Gasteiger partial charge is 0.481 e. The lowest BCUT2D eigenvalue weighted by molar-refractivity contribution is -0.384. The number of unbranched alkanes of at least 4 members (excludes halogenated alkanes) is 1. The van der Waals surface area contributed by atoms with E-state index in [-0.39, 0.29) is 12.1 Å². The van der Waals surface area contributed by atoms with Gasteiger partial charge >= 0.3 is 5.97 Å². The molecule has 0 aliphatic carbocycles. The van der Waals surface area contributed by atoms with Gasteiger partial charge in [0, 0.05) is 23.5 Å². The molecule has 0 atom stereocenters. The molecule has 1 aromatic carbocycles. The first-order valence-corrected chi connectivity index (χ1v) is 6.19. The number of nitrogens with zero attached hydrogens (tertiary/aromatic N) is 1. The number of hydrogen-bond acceptors (Lipinski definition) is 4. The highest BCUT2D eigenvalue weighted by molar-refractivity contribution is 9.10. The summed E-state index contributed by atoms with van der Waals surface area (Å²) in [7, 11) is 0. The van der Waals surface area contributed by atoms with Gasteiger partial charge in [0.05, 0.1) is 4.92 Å². The smallest absolute Gasteiger partial charge is 0.303 e. The number of carbonyl (C=O) groups is 1. The molecule has 0 aromatic heterocycles. The maximum absolute atomic E-state index is 10.8. The molecule has 1 rings (SSSR count). The molecule has 6 nitrogen and oxygen atoms in total. The van der Waals surface area contributed by atoms with E-state index in [1.807, 2.05) is 0 Å². The molecule has 0 saturated heterocycles. The average molecular weight is 317 g/mol. The molecular weight excluding hydrogens is 304 g/mol. The lowest BCUT2D eigenvalue weighted by atomic mass is 10.2. The first-order valence-electron chi connectivity index (χ1n) is 5.40. The molecule has 0 heterocycles. The van der Waals surface area contributed by atoms with Gasteiger partial charge in [-0.2, -0.15) is 0 Å². The Morgan fingerprint density at radius 2 is 2.17 bits per heavy atom. The monoisotopic (exact) mass is 316 g/mol. The van der Waals surface area contributed by atoms with Crippen molar-refractivity contribution in [1.29, 1.82) is 0 Å². The molecule has 0 spiro atoms. The van der Waals surface area contributed by atoms with Crippen LogP contribution in [0.3, 0.4) is 0 Å². The van der Waals surface area contributed by atoms with E-state index in [0.29, 0.717) is 25.1 Å². The average Bonchev–Trinajstić information content (AvgIpc) is 2.27. The Hall–Kier alpha value is -1.63. The third kappa shape index (κ3) is 4.70. The number of hydrogen-bond donors (Lipinski definition) is 2. The summed E-state index contributed by atoms with van der Waals surface area (Å²) >= 11 is 3.25. The normalized spacial score (nSPS) is 10.1. The molecule has 0 unspecified atom stereocenters. The van der Waals surface area contributed by atoms with E-state index in [9.17, 15) is 14.9 Å². The van der Waals surface area contributed by atoms with Gasteiger partial charge in [0.2, 0.25) is 0 Å². The Labute approximate surface area is 112 Å². The maximum atomic E-state index is 10.8. The Kier molecular flexibility index (Phi) is 5.57. The minimum Gasteiger partial charge on any atom is -0.481 e. The number of rotatable bonds is 7. The highest BCUT2D eigenvalue weighted by Crippen LogP contribution is 2.27. The Bertz CT molecular complexity index is 451. The Balaban J connectivity index is 2.53. The van der Waals surface area contributed by atoms with Gasteiger partial charge in [0.25, 0.3) is 5.69 Å². The summed E-state index contributed by atoms with van der Waals surface area (Å²) < 4.78 is 0.751. The van der Waals surface area contributed by atoms with Gasteiger partial charge in [0.1, 0.15) is 5.69 Å². The van der Waals surface area contributed by atoms with Crippen molar-refractivity contribution in [3.8, 4) is 0 Å². The van der Waals surface area contributed by atoms with Crippen molar-refractivity contribution in [2.75, 3.05) is 11.9 Å². The zero-order valence-electron chi connectivity index (χ0n) is 9.56. The number of anilines is 1. The molecule has 18 heavy (non-hydrogen) atoms. The predicted octanol–water partition coefficient (Wildman–Crippen LogP) is 3.02. The zero-order chi connectivity index (χ0) is 13.5. The van der Waals surface area contributed by atoms with E-state index >= 15 is 0 Å². The standard InChI is InChI=1S/C11H13BrN2O4/c12-8-4-5-10(14(17)18)9(7-8)13-6-2-1-3-11(15)16/h4-5,7,13H,1-3,6H2,(H,15,16). The van der Waals surface area contributed by atoms with E-state index in [2.05, 4.69) is 21.2 Å². The molecule has 98 valence electrons. The highest BCUT2D eigenvalue weighted by Gasteiger charge is 2.12. The van der Waals surface area contributed by atoms with E-state index < -0.39 is 10.9 Å². The van der Waals surface area contributed by atoms with Crippen molar-refractivity contribution in [1.82, 2.24) is 0 Å². The lowest BCUT2D eigenvalue weighted by Crippen LogP contribution is -2.05. The lowest BCUT2D eigenvalue weighted by Gasteiger charge is -2.07. The van der Waals surface area contributed by atoms with E-state index in [4.69, 9.17) is 5.11 Å². The second kappa shape index (κ2) is 6.95. The van der Waals surface area contributed by atoms with Gasteiger partial charge in [-0.3, -0.25) is 14.9 Å². The molecule has 0 bridgehead atoms. The molecule has 0 radical (unpaired) electrons. The second-order valence-electron chi connectivity index (χ2n) is 3.70. The number of benzene rings is 1. The van der Waals surface area contributed by atoms with Crippen molar-refractivity contribution in [3.63, 3.8) is 0 Å². The molecule has 7 heteroatoms. The quantitative estimate of drug-likeness (QED) is 0.458. The first-order chi connectivity index (χ1) is 8.50. The number of nitrogens with one attached hydrogen (secondary N) is 1. The van der Waals surface area contributed by atoms with Crippen LogP contribution in [0.1, 0.15) is 19.3 Å². The van der Waals surface area contributed by atoms with Crippen LogP contribution in [0.2, 0.25) is 0 Å². The molecular formula is C11H13BrN2O4. The topological polar surface area (TPSA) is 92.5 Å². The number of nitro benzene ring substituents is 1. The number of aliphatic carboxylic acids is 1. The third-order valence-corrected chi connectivity index (χ3v) is 2.78. The SMILES string of the molecule is O=C(O)CCCCNc1cc(Br)ccc1[N+](=O)[O-]. The molecule has 0 amide bonds. The van der Waals surface area contributed by atoms with E-state index in [1.54, 1.807) is 12.1 Å². The first kappa shape index (κ1) is 14.4. The second-order valence-corrected chi connectivity index (χ2v) is 4.61. The molecule has 0 aliphatic rings. The van der Waals surface area contributed by atoms with Crippen LogP contribution in [0.4, 0.5) is 11.4 Å². The Morgan fingerprint density at radius 3 is 2.78 bits per heavy atom. The van der Waals surface area contributed by atoms with E-state index in [0.717, 1.165) is 4.47 Å². The van der Waals surface area contributed by atoms with Gasteiger partial charge in [-0.05, 0) is 25.0 Å². The number of carboxylic acid groups (broad SMARTS) is 1. The number of halogens is 1. The minimum atomic E-state index is -0.830. The summed E-state index contributed by atoms with van der Waals surface area (Å²) in [5.41, 5.74) is 0.445. The van der Waals surface area contributed by atoms with Crippen LogP contribution in [-0.4, -0.2) is 22.5 Å². The molecule has 0 saturated carbocycles. The van der Waals surface area contributed by atoms with Gasteiger partial charge in [-0.1, -0.05) is 15.9 Å². The Morgan fingerprint density at radius 1 is 1.44 bits per heavy atom. The van der Waals surface area contributed by atoms with Crippen LogP contribution in [-0.2, 0) is 4.79 Å². The molecule has 0 aliphatic heterocycles. The fraction of sp³-hybridized carbons (Fsp3) is 0.364. The van der Waals surface area contributed by atoms with Crippen molar-refractivity contribution >= 4 is 33.3 Å². The predicted molar refractivity (Wildman–Crippen MR) is 70.8 cm³/mol. The zero-order valence-corrected chi connectivity index (χ0v) is 11.1. The maximum Gasteiger partial charge on any atom is 0.303 e. The van der Waals surface area contributed by atoms with Gasteiger partial charge in [0.15, 0.2) is 0 Å². The minimum absolute atomic E-state index is 0.0106. The fourth-order valence-electron chi connectivity index (χ4n) is 1.43. The fourth-order valence-corrected chi connectivity index (χ4v) is 1.79. The molecule has 0 fully saturated rings. The van der Waals surface area contributed by atoms with Crippen LogP contribution in [0.25, 0.3) is 0 Å². The van der Waals surface area contributed by atoms with Crippen LogP contribution < -0.4 is 5.32 Å². The van der Waals surface area contributed by atoms with Crippen molar-refractivity contribution in [3.05, 3.63) is 32.8 Å². The summed E-state index contributed by atoms with van der Waals surface area (Å²) in [5, 5.41) is 22.2. The molecule has 2 N–H and O–H groups in total. The van der Waals surface area contributed by atoms with Crippen molar-refractivity contribution < 1.29 is 14.8 Å². The number of nitro groups is 1. The van der Waals surface area contributed by atoms with Gasteiger partial charge in [-0.25, -0.2) is 0 Å². The summed E-state index contributed by atoms with van der Waals surface area (Å²) in [6, 6.07) is 4.66. The summed E-state index contributed by atoms with van der Waals surface area (Å²) in [6.45, 7) is 0.505. The van der Waals surface area contributed by atoms with Crippen LogP contribution in [0.5, 0.6) is 0 Å². The number of carboxylic acids is 1. The third-order valence-electron chi connectivity index (χ3n) is 2.29. The van der Waals surface area contributed by atoms with Crippen LogP contribution in [0.15, 0.2) is 22.7 Å². The molecule has 1 aromatic rings. The highest BCUT2D eigenvalue weighted by atomic mass is 79.9. The van der Waals surface area contributed by atoms with E-state index in [1.165, 1.54) is 6.07 Å². The van der Waals surface area contributed by atoms with Gasteiger partial charge in [-0.15, -0.1) is 0 Å². The van der Waals surface area contributed by atoms with Gasteiger partial charge < -0.3 is 10.4 Å². The summed E-state index contributed by atoms with van der Waals surface area (Å²) in [4.78, 5) is 20.6. The van der Waals surface area contributed by atoms with Crippen LogP contribution >= 0.6 is 15.9 Å². The van der Waals surface area contributed by atoms with Crippen LogP contribution in [0, 0.1) is 10.1 Å². The summed E-state index contributed by atoms with van der Waals surface area (Å²) in [5.74, 6) is -0.830. The van der Waals surface area contributed by atoms with Crippen molar-refractivity contribution in [2.45, 2.75) is 19.3 Å². The summed E-state index contributed by atoms with van der Waals surface area (Å²) in [6.07, 6.45) is 1.31. The van der Waals surface area contributed by atoms with Crippen molar-refractivity contribution in [2.24, 2.45) is 0 Å².